The third kappa shape index (κ3) is 9.72. The van der Waals surface area contributed by atoms with Gasteiger partial charge >= 0.3 is 0 Å². The Labute approximate surface area is 323 Å². The lowest BCUT2D eigenvalue weighted by Crippen LogP contribution is -2.67. The van der Waals surface area contributed by atoms with E-state index >= 15 is 0 Å². The number of aliphatic hydroxyl groups is 16. The van der Waals surface area contributed by atoms with Crippen LogP contribution in [0.4, 0.5) is 0 Å². The molecule has 26 nitrogen and oxygen atoms in total. The first-order valence-electron chi connectivity index (χ1n) is 18.0. The molecule has 0 spiro atoms. The van der Waals surface area contributed by atoms with Crippen molar-refractivity contribution in [3.8, 4) is 0 Å². The van der Waals surface area contributed by atoms with E-state index in [9.17, 15) is 81.7 Å². The SMILES string of the molecule is CO[C@H]1C(O)C(O)[C@H](O[C@@H]2C(CO[C@H]3OC(CO)[C@H](O)[C@H](O)C3O)O[C@@H](O[C@H]3C(O)C(O)[C@H](O[C@@H]4C(CO)O[C@@H](O)C(O)[C@H]4O)O[C@H]3CO)C(O)[C@H]2O)O[C@H]1CO. The second-order valence-electron chi connectivity index (χ2n) is 14.2. The largest absolute Gasteiger partial charge is 0.394 e. The number of hydrogen-bond acceptors (Lipinski definition) is 26. The first-order valence-corrected chi connectivity index (χ1v) is 18.0. The molecule has 334 valence electrons. The maximum Gasteiger partial charge on any atom is 0.187 e. The van der Waals surface area contributed by atoms with Gasteiger partial charge in [-0.25, -0.2) is 0 Å². The van der Waals surface area contributed by atoms with Gasteiger partial charge in [-0.1, -0.05) is 0 Å². The van der Waals surface area contributed by atoms with Crippen LogP contribution < -0.4 is 0 Å². The molecule has 0 radical (unpaired) electrons. The molecule has 0 saturated carbocycles. The molecule has 0 amide bonds. The summed E-state index contributed by atoms with van der Waals surface area (Å²) in [5.41, 5.74) is 0. The molecule has 5 aliphatic rings. The second kappa shape index (κ2) is 20.2. The summed E-state index contributed by atoms with van der Waals surface area (Å²) in [6.45, 7) is -4.18. The van der Waals surface area contributed by atoms with Gasteiger partial charge in [0.1, 0.15) is 122 Å². The zero-order chi connectivity index (χ0) is 42.0. The Kier molecular flexibility index (Phi) is 16.7. The summed E-state index contributed by atoms with van der Waals surface area (Å²) in [5, 5.41) is 167. The van der Waals surface area contributed by atoms with Crippen LogP contribution >= 0.6 is 0 Å². The van der Waals surface area contributed by atoms with Crippen molar-refractivity contribution in [2.75, 3.05) is 40.1 Å². The normalized spacial score (nSPS) is 52.5. The summed E-state index contributed by atoms with van der Waals surface area (Å²) in [7, 11) is 1.18. The van der Waals surface area contributed by atoms with Crippen molar-refractivity contribution >= 4 is 0 Å². The molecule has 57 heavy (non-hydrogen) atoms. The van der Waals surface area contributed by atoms with E-state index in [0.717, 1.165) is 0 Å². The lowest BCUT2D eigenvalue weighted by atomic mass is 9.95. The minimum atomic E-state index is -2.14. The van der Waals surface area contributed by atoms with E-state index in [1.165, 1.54) is 7.11 Å². The van der Waals surface area contributed by atoms with Crippen LogP contribution in [-0.2, 0) is 47.4 Å². The van der Waals surface area contributed by atoms with Crippen LogP contribution in [0.3, 0.4) is 0 Å². The summed E-state index contributed by atoms with van der Waals surface area (Å²) in [6.07, 6.45) is -44.8. The number of hydrogen-bond donors (Lipinski definition) is 16. The average Bonchev–Trinajstić information content (AvgIpc) is 3.20. The molecule has 5 aliphatic heterocycles. The Morgan fingerprint density at radius 3 is 1.16 bits per heavy atom. The Hall–Kier alpha value is -1.04. The van der Waals surface area contributed by atoms with Gasteiger partial charge in [-0.3, -0.25) is 0 Å². The van der Waals surface area contributed by atoms with E-state index in [4.69, 9.17) is 47.4 Å². The first kappa shape index (κ1) is 47.0. The van der Waals surface area contributed by atoms with Gasteiger partial charge in [0, 0.05) is 7.11 Å². The zero-order valence-electron chi connectivity index (χ0n) is 30.2. The minimum Gasteiger partial charge on any atom is -0.394 e. The molecule has 0 aromatic heterocycles. The third-order valence-electron chi connectivity index (χ3n) is 10.5. The van der Waals surface area contributed by atoms with Gasteiger partial charge in [-0.05, 0) is 0 Å². The maximum atomic E-state index is 11.4. The average molecular weight is 843 g/mol. The lowest BCUT2D eigenvalue weighted by molar-refractivity contribution is -0.391. The Bertz CT molecular complexity index is 1220. The van der Waals surface area contributed by atoms with E-state index in [-0.39, 0.29) is 0 Å². The predicted molar refractivity (Wildman–Crippen MR) is 171 cm³/mol. The zero-order valence-corrected chi connectivity index (χ0v) is 30.2. The third-order valence-corrected chi connectivity index (χ3v) is 10.5. The molecule has 5 saturated heterocycles. The maximum absolute atomic E-state index is 11.4. The van der Waals surface area contributed by atoms with Crippen LogP contribution in [-0.4, -0.2) is 275 Å². The second-order valence-corrected chi connectivity index (χ2v) is 14.2. The van der Waals surface area contributed by atoms with E-state index in [2.05, 4.69) is 0 Å². The number of methoxy groups -OCH3 is 1. The van der Waals surface area contributed by atoms with Crippen LogP contribution in [0.15, 0.2) is 0 Å². The quantitative estimate of drug-likeness (QED) is 0.0772. The van der Waals surface area contributed by atoms with Crippen molar-refractivity contribution in [3.05, 3.63) is 0 Å². The Morgan fingerprint density at radius 1 is 0.351 bits per heavy atom. The molecule has 0 aromatic rings. The van der Waals surface area contributed by atoms with Crippen LogP contribution in [0.2, 0.25) is 0 Å². The van der Waals surface area contributed by atoms with Gasteiger partial charge in [-0.2, -0.15) is 0 Å². The summed E-state index contributed by atoms with van der Waals surface area (Å²) in [5.74, 6) is 0. The monoisotopic (exact) mass is 842 g/mol. The van der Waals surface area contributed by atoms with E-state index in [1.807, 2.05) is 0 Å². The highest BCUT2D eigenvalue weighted by Gasteiger charge is 2.56. The van der Waals surface area contributed by atoms with Crippen LogP contribution in [0.25, 0.3) is 0 Å². The summed E-state index contributed by atoms with van der Waals surface area (Å²) in [6, 6.07) is 0. The summed E-state index contributed by atoms with van der Waals surface area (Å²) < 4.78 is 55.1. The van der Waals surface area contributed by atoms with Crippen molar-refractivity contribution in [1.82, 2.24) is 0 Å². The number of rotatable bonds is 14. The van der Waals surface area contributed by atoms with Gasteiger partial charge in [0.2, 0.25) is 0 Å². The topological polar surface area (TPSA) is 416 Å². The van der Waals surface area contributed by atoms with Crippen LogP contribution in [0.1, 0.15) is 0 Å². The molecule has 10 unspecified atom stereocenters. The molecular weight excluding hydrogens is 788 g/mol. The Balaban J connectivity index is 1.35. The molecule has 5 heterocycles. The van der Waals surface area contributed by atoms with Gasteiger partial charge < -0.3 is 129 Å². The van der Waals surface area contributed by atoms with Crippen molar-refractivity contribution < 1.29 is 129 Å². The van der Waals surface area contributed by atoms with E-state index < -0.39 is 187 Å². The molecule has 0 aromatic carbocycles. The van der Waals surface area contributed by atoms with Crippen molar-refractivity contribution in [1.29, 1.82) is 0 Å². The highest BCUT2D eigenvalue weighted by Crippen LogP contribution is 2.35. The van der Waals surface area contributed by atoms with Gasteiger partial charge in [-0.15, -0.1) is 0 Å². The molecule has 5 rings (SSSR count). The molecular formula is C31H54O26. The fraction of sp³-hybridized carbons (Fsp3) is 1.00. The minimum absolute atomic E-state index is 0.730. The van der Waals surface area contributed by atoms with E-state index in [1.54, 1.807) is 0 Å². The number of ether oxygens (including phenoxy) is 10. The van der Waals surface area contributed by atoms with Gasteiger partial charge in [0.15, 0.2) is 31.5 Å². The van der Waals surface area contributed by atoms with Gasteiger partial charge in [0.05, 0.1) is 33.0 Å². The van der Waals surface area contributed by atoms with Crippen molar-refractivity contribution in [2.24, 2.45) is 0 Å². The van der Waals surface area contributed by atoms with E-state index in [0.29, 0.717) is 0 Å². The van der Waals surface area contributed by atoms with Gasteiger partial charge in [0.25, 0.3) is 0 Å². The van der Waals surface area contributed by atoms with Crippen LogP contribution in [0.5, 0.6) is 0 Å². The highest BCUT2D eigenvalue weighted by atomic mass is 16.8. The molecule has 25 atom stereocenters. The van der Waals surface area contributed by atoms with Crippen molar-refractivity contribution in [2.45, 2.75) is 154 Å². The summed E-state index contributed by atoms with van der Waals surface area (Å²) >= 11 is 0. The highest BCUT2D eigenvalue weighted by molar-refractivity contribution is 4.98. The molecule has 16 N–H and O–H groups in total. The fourth-order valence-corrected chi connectivity index (χ4v) is 7.20. The standard InChI is InChI=1S/C31H54O26/c1-48-23-8(3-33)52-29(20(44)15(23)39)57-26-11(6-49-28-19(43)13(37)12(36)7(2-32)51-28)54-31(22(46)17(26)41)56-25-10(5-35)53-30(21(45)16(25)40)55-24-9(4-34)50-27(47)18(42)14(24)38/h7-47H,2-6H2,1H3/t7?,8-,9?,10-,11?,12-,13-,14+,15?,16?,17+,18?,19?,20?,21?,22?,23+,24+,25+,26+,27+,28-,29-,30-,31-/m0/s1. The molecule has 5 fully saturated rings. The number of aliphatic hydroxyl groups excluding tert-OH is 16. The van der Waals surface area contributed by atoms with Crippen LogP contribution in [0, 0.1) is 0 Å². The fourth-order valence-electron chi connectivity index (χ4n) is 7.20. The van der Waals surface area contributed by atoms with Crippen molar-refractivity contribution in [3.63, 3.8) is 0 Å². The Morgan fingerprint density at radius 2 is 0.702 bits per heavy atom. The molecule has 26 heteroatoms. The molecule has 0 aliphatic carbocycles. The predicted octanol–water partition coefficient (Wildman–Crippen LogP) is -11.3. The first-order chi connectivity index (χ1) is 27.0. The molecule has 0 bridgehead atoms. The smallest absolute Gasteiger partial charge is 0.187 e. The summed E-state index contributed by atoms with van der Waals surface area (Å²) in [4.78, 5) is 0. The lowest BCUT2D eigenvalue weighted by Gasteiger charge is -2.49.